The average molecular weight is 307 g/mol. The largest absolute Gasteiger partial charge is 0.396 e. The zero-order chi connectivity index (χ0) is 14.5. The molecule has 5 nitrogen and oxygen atoms in total. The molecular weight excluding hydrogens is 286 g/mol. The van der Waals surface area contributed by atoms with Crippen molar-refractivity contribution in [2.45, 2.75) is 37.0 Å². The molecule has 0 fully saturated rings. The van der Waals surface area contributed by atoms with Gasteiger partial charge in [-0.2, -0.15) is 0 Å². The Morgan fingerprint density at radius 1 is 1.42 bits per heavy atom. The lowest BCUT2D eigenvalue weighted by Gasteiger charge is -2.24. The van der Waals surface area contributed by atoms with Gasteiger partial charge in [-0.05, 0) is 32.9 Å². The van der Waals surface area contributed by atoms with Crippen LogP contribution in [0.3, 0.4) is 0 Å². The number of thiophene rings is 1. The van der Waals surface area contributed by atoms with Crippen molar-refractivity contribution in [3.8, 4) is 0 Å². The molecule has 110 valence electrons. The molecule has 19 heavy (non-hydrogen) atoms. The first-order valence-electron chi connectivity index (χ1n) is 6.14. The van der Waals surface area contributed by atoms with E-state index in [9.17, 15) is 8.42 Å². The number of hydrogen-bond acceptors (Lipinski definition) is 5. The molecular formula is C12H21NO4S2. The van der Waals surface area contributed by atoms with Crippen LogP contribution in [0.15, 0.2) is 16.3 Å². The van der Waals surface area contributed by atoms with E-state index in [1.807, 2.05) is 20.8 Å². The van der Waals surface area contributed by atoms with Crippen LogP contribution in [0.25, 0.3) is 0 Å². The van der Waals surface area contributed by atoms with Crippen molar-refractivity contribution in [3.05, 3.63) is 17.0 Å². The van der Waals surface area contributed by atoms with Gasteiger partial charge in [-0.25, -0.2) is 13.1 Å². The molecule has 0 unspecified atom stereocenters. The molecule has 0 aromatic carbocycles. The zero-order valence-corrected chi connectivity index (χ0v) is 13.1. The molecule has 1 aromatic rings. The lowest BCUT2D eigenvalue weighted by Crippen LogP contribution is -2.40. The Hall–Kier alpha value is -0.470. The second-order valence-corrected chi connectivity index (χ2v) is 7.87. The van der Waals surface area contributed by atoms with Gasteiger partial charge in [-0.15, -0.1) is 11.3 Å². The van der Waals surface area contributed by atoms with Crippen LogP contribution in [0.4, 0.5) is 0 Å². The summed E-state index contributed by atoms with van der Waals surface area (Å²) in [6.45, 7) is 6.32. The van der Waals surface area contributed by atoms with E-state index in [1.165, 1.54) is 11.3 Å². The van der Waals surface area contributed by atoms with Gasteiger partial charge in [0.2, 0.25) is 10.0 Å². The van der Waals surface area contributed by atoms with Gasteiger partial charge in [0.1, 0.15) is 4.21 Å². The van der Waals surface area contributed by atoms with Crippen LogP contribution in [-0.2, 0) is 21.2 Å². The molecule has 0 spiro atoms. The molecule has 7 heteroatoms. The highest BCUT2D eigenvalue weighted by Gasteiger charge is 2.23. The summed E-state index contributed by atoms with van der Waals surface area (Å²) in [6, 6.07) is 3.29. The van der Waals surface area contributed by atoms with E-state index >= 15 is 0 Å². The molecule has 0 aliphatic heterocycles. The third-order valence-corrected chi connectivity index (χ3v) is 5.52. The molecule has 0 aliphatic rings. The Morgan fingerprint density at radius 3 is 2.68 bits per heavy atom. The number of aliphatic hydroxyl groups excluding tert-OH is 1. The average Bonchev–Trinajstić information content (AvgIpc) is 2.77. The summed E-state index contributed by atoms with van der Waals surface area (Å²) in [5.74, 6) is 0. The molecule has 2 N–H and O–H groups in total. The van der Waals surface area contributed by atoms with E-state index < -0.39 is 15.6 Å². The van der Waals surface area contributed by atoms with Crippen LogP contribution in [0.5, 0.6) is 0 Å². The van der Waals surface area contributed by atoms with Crippen LogP contribution < -0.4 is 4.72 Å². The van der Waals surface area contributed by atoms with Crippen molar-refractivity contribution >= 4 is 21.4 Å². The third-order valence-electron chi connectivity index (χ3n) is 2.48. The van der Waals surface area contributed by atoms with Crippen molar-refractivity contribution in [2.75, 3.05) is 19.8 Å². The number of rotatable bonds is 8. The van der Waals surface area contributed by atoms with Crippen LogP contribution >= 0.6 is 11.3 Å². The maximum absolute atomic E-state index is 12.1. The fourth-order valence-electron chi connectivity index (χ4n) is 1.53. The highest BCUT2D eigenvalue weighted by molar-refractivity contribution is 7.91. The molecule has 1 rings (SSSR count). The van der Waals surface area contributed by atoms with Gasteiger partial charge in [0.15, 0.2) is 0 Å². The molecule has 0 radical (unpaired) electrons. The van der Waals surface area contributed by atoms with Crippen LogP contribution in [0.2, 0.25) is 0 Å². The monoisotopic (exact) mass is 307 g/mol. The first kappa shape index (κ1) is 16.6. The standard InChI is InChI=1S/C12H21NO4S2/c1-4-17-12(2,3)9-13-19(15,16)11-6-5-10(18-11)7-8-14/h5-6,13-14H,4,7-9H2,1-3H3. The number of hydrogen-bond donors (Lipinski definition) is 2. The molecule has 0 bridgehead atoms. The van der Waals surface area contributed by atoms with Gasteiger partial charge in [-0.1, -0.05) is 0 Å². The molecule has 1 heterocycles. The van der Waals surface area contributed by atoms with Gasteiger partial charge < -0.3 is 9.84 Å². The van der Waals surface area contributed by atoms with E-state index in [0.29, 0.717) is 13.0 Å². The summed E-state index contributed by atoms with van der Waals surface area (Å²) in [7, 11) is -3.50. The second-order valence-electron chi connectivity index (χ2n) is 4.71. The Bertz CT molecular complexity index is 494. The summed E-state index contributed by atoms with van der Waals surface area (Å²) in [4.78, 5) is 0.854. The molecule has 0 aliphatic carbocycles. The van der Waals surface area contributed by atoms with Crippen molar-refractivity contribution in [1.29, 1.82) is 0 Å². The Balaban J connectivity index is 2.70. The number of ether oxygens (including phenoxy) is 1. The quantitative estimate of drug-likeness (QED) is 0.761. The normalized spacial score (nSPS) is 12.8. The molecule has 1 aromatic heterocycles. The fourth-order valence-corrected chi connectivity index (χ4v) is 4.12. The molecule has 0 saturated heterocycles. The van der Waals surface area contributed by atoms with Crippen LogP contribution in [0.1, 0.15) is 25.6 Å². The summed E-state index contributed by atoms with van der Waals surface area (Å²) in [5, 5.41) is 8.83. The predicted molar refractivity (Wildman–Crippen MR) is 76.0 cm³/mol. The highest BCUT2D eigenvalue weighted by Crippen LogP contribution is 2.22. The topological polar surface area (TPSA) is 75.6 Å². The van der Waals surface area contributed by atoms with Crippen molar-refractivity contribution in [2.24, 2.45) is 0 Å². The van der Waals surface area contributed by atoms with E-state index in [4.69, 9.17) is 9.84 Å². The summed E-state index contributed by atoms with van der Waals surface area (Å²) < 4.78 is 32.4. The highest BCUT2D eigenvalue weighted by atomic mass is 32.2. The SMILES string of the molecule is CCOC(C)(C)CNS(=O)(=O)c1ccc(CCO)s1. The first-order chi connectivity index (χ1) is 8.80. The smallest absolute Gasteiger partial charge is 0.250 e. The van der Waals surface area contributed by atoms with Gasteiger partial charge in [0.05, 0.1) is 5.60 Å². The minimum atomic E-state index is -3.50. The van der Waals surface area contributed by atoms with Crippen molar-refractivity contribution in [3.63, 3.8) is 0 Å². The minimum absolute atomic E-state index is 0.0187. The number of nitrogens with one attached hydrogen (secondary N) is 1. The molecule has 0 saturated carbocycles. The van der Waals surface area contributed by atoms with E-state index in [0.717, 1.165) is 4.88 Å². The summed E-state index contributed by atoms with van der Waals surface area (Å²) in [5.41, 5.74) is -0.535. The van der Waals surface area contributed by atoms with Gasteiger partial charge in [0.25, 0.3) is 0 Å². The van der Waals surface area contributed by atoms with Crippen LogP contribution in [-0.4, -0.2) is 38.9 Å². The maximum atomic E-state index is 12.1. The number of sulfonamides is 1. The molecule has 0 atom stereocenters. The van der Waals surface area contributed by atoms with Crippen LogP contribution in [0, 0.1) is 0 Å². The van der Waals surface area contributed by atoms with E-state index in [2.05, 4.69) is 4.72 Å². The lowest BCUT2D eigenvalue weighted by molar-refractivity contribution is -0.00514. The van der Waals surface area contributed by atoms with E-state index in [1.54, 1.807) is 12.1 Å². The Morgan fingerprint density at radius 2 is 2.11 bits per heavy atom. The predicted octanol–water partition coefficient (Wildman–Crippen LogP) is 1.38. The van der Waals surface area contributed by atoms with Crippen molar-refractivity contribution < 1.29 is 18.3 Å². The van der Waals surface area contributed by atoms with Gasteiger partial charge in [-0.3, -0.25) is 0 Å². The van der Waals surface area contributed by atoms with E-state index in [-0.39, 0.29) is 17.4 Å². The first-order valence-corrected chi connectivity index (χ1v) is 8.44. The summed E-state index contributed by atoms with van der Waals surface area (Å²) in [6.07, 6.45) is 0.477. The number of aliphatic hydroxyl groups is 1. The maximum Gasteiger partial charge on any atom is 0.250 e. The van der Waals surface area contributed by atoms with Gasteiger partial charge >= 0.3 is 0 Å². The Labute approximate surface area is 118 Å². The third kappa shape index (κ3) is 5.19. The lowest BCUT2D eigenvalue weighted by atomic mass is 10.1. The van der Waals surface area contributed by atoms with Gasteiger partial charge in [0, 0.05) is 31.1 Å². The summed E-state index contributed by atoms with van der Waals surface area (Å²) >= 11 is 1.18. The molecule has 0 amide bonds. The second kappa shape index (κ2) is 6.81. The zero-order valence-electron chi connectivity index (χ0n) is 11.5. The minimum Gasteiger partial charge on any atom is -0.396 e. The van der Waals surface area contributed by atoms with Crippen molar-refractivity contribution in [1.82, 2.24) is 4.72 Å². The fraction of sp³-hybridized carbons (Fsp3) is 0.667. The Kier molecular flexibility index (Phi) is 5.94.